The van der Waals surface area contributed by atoms with Crippen LogP contribution in [-0.2, 0) is 17.9 Å². The molecule has 0 bridgehead atoms. The number of rotatable bonds is 6. The fourth-order valence-corrected chi connectivity index (χ4v) is 3.07. The first kappa shape index (κ1) is 22.3. The van der Waals surface area contributed by atoms with Crippen molar-refractivity contribution in [3.8, 4) is 0 Å². The zero-order valence-electron chi connectivity index (χ0n) is 15.0. The number of hydrogen-bond acceptors (Lipinski definition) is 2. The predicted molar refractivity (Wildman–Crippen MR) is 89.3 cm³/mol. The van der Waals surface area contributed by atoms with Gasteiger partial charge in [-0.1, -0.05) is 30.7 Å². The number of amides is 2. The van der Waals surface area contributed by atoms with Crippen LogP contribution in [-0.4, -0.2) is 31.0 Å². The predicted octanol–water partition coefficient (Wildman–Crippen LogP) is 4.69. The molecule has 0 unspecified atom stereocenters. The van der Waals surface area contributed by atoms with Crippen LogP contribution in [0.25, 0.3) is 0 Å². The van der Waals surface area contributed by atoms with Crippen LogP contribution in [0.5, 0.6) is 0 Å². The van der Waals surface area contributed by atoms with Gasteiger partial charge in [0.25, 0.3) is 0 Å². The molecule has 1 aliphatic rings. The Balaban J connectivity index is 1.72. The van der Waals surface area contributed by atoms with Gasteiger partial charge in [0.2, 0.25) is 0 Å². The Morgan fingerprint density at radius 3 is 2.29 bits per heavy atom. The molecule has 0 aromatic heterocycles. The minimum absolute atomic E-state index is 0.0856. The van der Waals surface area contributed by atoms with Crippen LogP contribution in [0.3, 0.4) is 0 Å². The van der Waals surface area contributed by atoms with Gasteiger partial charge in [-0.2, -0.15) is 26.3 Å². The number of nitrogens with one attached hydrogen (secondary N) is 2. The van der Waals surface area contributed by atoms with Gasteiger partial charge in [0, 0.05) is 12.6 Å². The highest BCUT2D eigenvalue weighted by Gasteiger charge is 2.42. The van der Waals surface area contributed by atoms with E-state index in [9.17, 15) is 31.1 Å². The minimum Gasteiger partial charge on any atom is -0.367 e. The van der Waals surface area contributed by atoms with Gasteiger partial charge < -0.3 is 15.4 Å². The molecular weight excluding hydrogens is 390 g/mol. The standard InChI is InChI=1S/C18H22F6N2O2/c19-17(20,21)11-28-10-13-6-4-12(5-7-13)9-25-16(27)26-15-3-1-2-14(8-15)18(22,23)24/h4-7,14-15H,1-3,8-11H2,(H2,25,26,27)/t14-,15-/m1/s1. The topological polar surface area (TPSA) is 50.4 Å². The van der Waals surface area contributed by atoms with Gasteiger partial charge >= 0.3 is 18.4 Å². The highest BCUT2D eigenvalue weighted by molar-refractivity contribution is 5.74. The lowest BCUT2D eigenvalue weighted by molar-refractivity contribution is -0.183. The third kappa shape index (κ3) is 7.95. The number of ether oxygens (including phenoxy) is 1. The Labute approximate surface area is 158 Å². The highest BCUT2D eigenvalue weighted by Crippen LogP contribution is 2.37. The molecule has 2 N–H and O–H groups in total. The van der Waals surface area contributed by atoms with Crippen molar-refractivity contribution in [2.45, 2.75) is 57.2 Å². The summed E-state index contributed by atoms with van der Waals surface area (Å²) in [5.74, 6) is -1.39. The first-order chi connectivity index (χ1) is 13.0. The third-order valence-corrected chi connectivity index (χ3v) is 4.48. The lowest BCUT2D eigenvalue weighted by Crippen LogP contribution is -2.45. The number of halogens is 6. The van der Waals surface area contributed by atoms with Crippen molar-refractivity contribution in [2.24, 2.45) is 5.92 Å². The average molecular weight is 412 g/mol. The maximum atomic E-state index is 12.8. The molecule has 1 fully saturated rings. The zero-order valence-corrected chi connectivity index (χ0v) is 15.0. The fourth-order valence-electron chi connectivity index (χ4n) is 3.07. The summed E-state index contributed by atoms with van der Waals surface area (Å²) in [5, 5.41) is 5.14. The maximum Gasteiger partial charge on any atom is 0.411 e. The van der Waals surface area contributed by atoms with Crippen LogP contribution in [0, 0.1) is 5.92 Å². The molecule has 2 amide bonds. The number of carbonyl (C=O) groups excluding carboxylic acids is 1. The molecule has 1 aromatic rings. The summed E-state index contributed by atoms with van der Waals surface area (Å²) in [6.45, 7) is -1.37. The number of urea groups is 1. The quantitative estimate of drug-likeness (QED) is 0.667. The van der Waals surface area contributed by atoms with E-state index in [0.717, 1.165) is 0 Å². The second kappa shape index (κ2) is 9.49. The number of hydrogen-bond donors (Lipinski definition) is 2. The summed E-state index contributed by atoms with van der Waals surface area (Å²) in [5.41, 5.74) is 1.25. The monoisotopic (exact) mass is 412 g/mol. The van der Waals surface area contributed by atoms with Gasteiger partial charge in [0.15, 0.2) is 0 Å². The molecule has 2 atom stereocenters. The van der Waals surface area contributed by atoms with Gasteiger partial charge in [0.05, 0.1) is 12.5 Å². The highest BCUT2D eigenvalue weighted by atomic mass is 19.4. The molecule has 2 rings (SSSR count). The Morgan fingerprint density at radius 2 is 1.68 bits per heavy atom. The molecule has 0 aliphatic heterocycles. The molecule has 0 radical (unpaired) electrons. The van der Waals surface area contributed by atoms with Gasteiger partial charge in [-0.25, -0.2) is 4.79 Å². The summed E-state index contributed by atoms with van der Waals surface area (Å²) in [7, 11) is 0. The van der Waals surface area contributed by atoms with Crippen molar-refractivity contribution < 1.29 is 35.9 Å². The molecule has 1 aromatic carbocycles. The van der Waals surface area contributed by atoms with E-state index in [4.69, 9.17) is 0 Å². The van der Waals surface area contributed by atoms with Crippen LogP contribution >= 0.6 is 0 Å². The molecule has 0 heterocycles. The number of alkyl halides is 6. The summed E-state index contributed by atoms with van der Waals surface area (Å²) in [6, 6.07) is 5.36. The molecular formula is C18H22F6N2O2. The summed E-state index contributed by atoms with van der Waals surface area (Å²) >= 11 is 0. The Kier molecular flexibility index (Phi) is 7.56. The summed E-state index contributed by atoms with van der Waals surface area (Å²) < 4.78 is 79.0. The minimum atomic E-state index is -4.38. The van der Waals surface area contributed by atoms with Crippen molar-refractivity contribution in [3.05, 3.63) is 35.4 Å². The normalized spacial score (nSPS) is 20.6. The second-order valence-corrected chi connectivity index (χ2v) is 6.85. The molecule has 0 saturated heterocycles. The van der Waals surface area contributed by atoms with Crippen molar-refractivity contribution in [3.63, 3.8) is 0 Å². The van der Waals surface area contributed by atoms with E-state index in [2.05, 4.69) is 15.4 Å². The third-order valence-electron chi connectivity index (χ3n) is 4.48. The van der Waals surface area contributed by atoms with Crippen LogP contribution in [0.1, 0.15) is 36.8 Å². The second-order valence-electron chi connectivity index (χ2n) is 6.85. The van der Waals surface area contributed by atoms with E-state index in [1.807, 2.05) is 0 Å². The molecule has 1 saturated carbocycles. The van der Waals surface area contributed by atoms with Gasteiger partial charge in [-0.3, -0.25) is 0 Å². The van der Waals surface area contributed by atoms with E-state index in [-0.39, 0.29) is 26.0 Å². The van der Waals surface area contributed by atoms with Gasteiger partial charge in [-0.15, -0.1) is 0 Å². The zero-order chi connectivity index (χ0) is 20.8. The van der Waals surface area contributed by atoms with Crippen LogP contribution in [0.4, 0.5) is 31.1 Å². The largest absolute Gasteiger partial charge is 0.411 e. The van der Waals surface area contributed by atoms with Gasteiger partial charge in [-0.05, 0) is 30.4 Å². The smallest absolute Gasteiger partial charge is 0.367 e. The SMILES string of the molecule is O=C(NCc1ccc(COCC(F)(F)F)cc1)N[C@@H]1CCC[C@@H](C(F)(F)F)C1. The molecule has 158 valence electrons. The molecule has 4 nitrogen and oxygen atoms in total. The van der Waals surface area contributed by atoms with Crippen LogP contribution in [0.15, 0.2) is 24.3 Å². The molecule has 10 heteroatoms. The Hall–Kier alpha value is -1.97. The van der Waals surface area contributed by atoms with E-state index >= 15 is 0 Å². The maximum absolute atomic E-state index is 12.8. The lowest BCUT2D eigenvalue weighted by atomic mass is 9.85. The van der Waals surface area contributed by atoms with E-state index in [0.29, 0.717) is 24.0 Å². The molecule has 0 spiro atoms. The first-order valence-electron chi connectivity index (χ1n) is 8.86. The first-order valence-corrected chi connectivity index (χ1v) is 8.86. The Morgan fingerprint density at radius 1 is 1.04 bits per heavy atom. The number of carbonyl (C=O) groups is 1. The van der Waals surface area contributed by atoms with Crippen molar-refractivity contribution in [1.29, 1.82) is 0 Å². The number of benzene rings is 1. The van der Waals surface area contributed by atoms with Crippen LogP contribution in [0.2, 0.25) is 0 Å². The molecule has 1 aliphatic carbocycles. The summed E-state index contributed by atoms with van der Waals surface area (Å²) in [4.78, 5) is 11.9. The lowest BCUT2D eigenvalue weighted by Gasteiger charge is -2.31. The molecule has 28 heavy (non-hydrogen) atoms. The Bertz CT molecular complexity index is 630. The van der Waals surface area contributed by atoms with Crippen LogP contribution < -0.4 is 10.6 Å². The van der Waals surface area contributed by atoms with Crippen molar-refractivity contribution in [1.82, 2.24) is 10.6 Å². The average Bonchev–Trinajstić information content (AvgIpc) is 2.59. The fraction of sp³-hybridized carbons (Fsp3) is 0.611. The summed E-state index contributed by atoms with van der Waals surface area (Å²) in [6.07, 6.45) is -7.75. The van der Waals surface area contributed by atoms with E-state index in [1.54, 1.807) is 24.3 Å². The van der Waals surface area contributed by atoms with Crippen molar-refractivity contribution in [2.75, 3.05) is 6.61 Å². The van der Waals surface area contributed by atoms with Gasteiger partial charge in [0.1, 0.15) is 6.61 Å². The van der Waals surface area contributed by atoms with E-state index < -0.39 is 37.0 Å². The van der Waals surface area contributed by atoms with E-state index in [1.165, 1.54) is 0 Å². The van der Waals surface area contributed by atoms with Crippen molar-refractivity contribution >= 4 is 6.03 Å².